The zero-order valence-corrected chi connectivity index (χ0v) is 14.7. The molecule has 3 heteroatoms. The first kappa shape index (κ1) is 18.3. The number of unbranched alkanes of at least 4 members (excludes halogenated alkanes) is 7. The molecule has 130 valence electrons. The molecule has 0 radical (unpaired) electrons. The van der Waals surface area contributed by atoms with Crippen molar-refractivity contribution in [2.24, 2.45) is 0 Å². The van der Waals surface area contributed by atoms with Crippen molar-refractivity contribution in [2.75, 3.05) is 11.9 Å². The van der Waals surface area contributed by atoms with Gasteiger partial charge in [-0.05, 0) is 17.9 Å². The summed E-state index contributed by atoms with van der Waals surface area (Å²) in [7, 11) is 0. The van der Waals surface area contributed by atoms with E-state index in [0.29, 0.717) is 6.61 Å². The largest absolute Gasteiger partial charge is 0.449 e. The molecule has 0 saturated carbocycles. The average Bonchev–Trinajstić information content (AvgIpc) is 2.61. The highest BCUT2D eigenvalue weighted by Gasteiger charge is 2.06. The second-order valence-electron chi connectivity index (χ2n) is 6.26. The standard InChI is InChI=1S/C21H29NO2/c1-2-3-4-5-6-7-8-11-17-24-21(23)22-20-16-12-14-18-13-9-10-15-19(18)20/h9-10,12-16H,2-8,11,17H2,1H3,(H,22,23). The van der Waals surface area contributed by atoms with Gasteiger partial charge >= 0.3 is 6.09 Å². The van der Waals surface area contributed by atoms with Crippen LogP contribution in [0.1, 0.15) is 58.3 Å². The van der Waals surface area contributed by atoms with Gasteiger partial charge < -0.3 is 4.74 Å². The summed E-state index contributed by atoms with van der Waals surface area (Å²) in [5, 5.41) is 4.99. The van der Waals surface area contributed by atoms with E-state index >= 15 is 0 Å². The van der Waals surface area contributed by atoms with E-state index in [0.717, 1.165) is 29.3 Å². The number of rotatable bonds is 10. The Morgan fingerprint density at radius 3 is 2.33 bits per heavy atom. The Kier molecular flexibility index (Phi) is 8.16. The van der Waals surface area contributed by atoms with Crippen LogP contribution >= 0.6 is 0 Å². The third-order valence-electron chi connectivity index (χ3n) is 4.26. The lowest BCUT2D eigenvalue weighted by Crippen LogP contribution is -2.14. The zero-order chi connectivity index (χ0) is 17.0. The van der Waals surface area contributed by atoms with Crippen molar-refractivity contribution in [1.82, 2.24) is 0 Å². The lowest BCUT2D eigenvalue weighted by molar-refractivity contribution is 0.159. The number of hydrogen-bond donors (Lipinski definition) is 1. The Labute approximate surface area is 145 Å². The summed E-state index contributed by atoms with van der Waals surface area (Å²) in [5.74, 6) is 0. The number of ether oxygens (including phenoxy) is 1. The van der Waals surface area contributed by atoms with E-state index in [1.807, 2.05) is 42.5 Å². The van der Waals surface area contributed by atoms with Gasteiger partial charge in [0.15, 0.2) is 0 Å². The van der Waals surface area contributed by atoms with Crippen molar-refractivity contribution in [2.45, 2.75) is 58.3 Å². The molecule has 0 unspecified atom stereocenters. The van der Waals surface area contributed by atoms with Crippen LogP contribution in [0.15, 0.2) is 42.5 Å². The normalized spacial score (nSPS) is 10.7. The second-order valence-corrected chi connectivity index (χ2v) is 6.26. The van der Waals surface area contributed by atoms with E-state index in [1.54, 1.807) is 0 Å². The van der Waals surface area contributed by atoms with Crippen LogP contribution in [0.2, 0.25) is 0 Å². The first-order valence-electron chi connectivity index (χ1n) is 9.23. The third-order valence-corrected chi connectivity index (χ3v) is 4.26. The molecule has 2 aromatic rings. The van der Waals surface area contributed by atoms with Gasteiger partial charge in [0.05, 0.1) is 12.3 Å². The lowest BCUT2D eigenvalue weighted by Gasteiger charge is -2.09. The fourth-order valence-corrected chi connectivity index (χ4v) is 2.88. The number of carbonyl (C=O) groups is 1. The van der Waals surface area contributed by atoms with Gasteiger partial charge in [-0.2, -0.15) is 0 Å². The van der Waals surface area contributed by atoms with Gasteiger partial charge in [0.1, 0.15) is 0 Å². The average molecular weight is 327 g/mol. The molecule has 24 heavy (non-hydrogen) atoms. The van der Waals surface area contributed by atoms with E-state index in [-0.39, 0.29) is 6.09 Å². The highest BCUT2D eigenvalue weighted by Crippen LogP contribution is 2.23. The van der Waals surface area contributed by atoms with Crippen LogP contribution in [0.4, 0.5) is 10.5 Å². The van der Waals surface area contributed by atoms with Crippen LogP contribution in [0.3, 0.4) is 0 Å². The summed E-state index contributed by atoms with van der Waals surface area (Å²) >= 11 is 0. The summed E-state index contributed by atoms with van der Waals surface area (Å²) in [5.41, 5.74) is 0.800. The second kappa shape index (κ2) is 10.7. The van der Waals surface area contributed by atoms with Crippen molar-refractivity contribution >= 4 is 22.6 Å². The van der Waals surface area contributed by atoms with Gasteiger partial charge in [0, 0.05) is 5.39 Å². The molecular formula is C21H29NO2. The van der Waals surface area contributed by atoms with E-state index < -0.39 is 0 Å². The van der Waals surface area contributed by atoms with Crippen molar-refractivity contribution < 1.29 is 9.53 Å². The van der Waals surface area contributed by atoms with Crippen LogP contribution in [0, 0.1) is 0 Å². The van der Waals surface area contributed by atoms with Crippen molar-refractivity contribution in [1.29, 1.82) is 0 Å². The third kappa shape index (κ3) is 6.23. The highest BCUT2D eigenvalue weighted by molar-refractivity contribution is 6.00. The van der Waals surface area contributed by atoms with Gasteiger partial charge in [-0.25, -0.2) is 4.79 Å². The van der Waals surface area contributed by atoms with Gasteiger partial charge in [0.2, 0.25) is 0 Å². The number of fused-ring (bicyclic) bond motifs is 1. The molecule has 3 nitrogen and oxygen atoms in total. The Morgan fingerprint density at radius 1 is 0.875 bits per heavy atom. The monoisotopic (exact) mass is 327 g/mol. The van der Waals surface area contributed by atoms with E-state index in [9.17, 15) is 4.79 Å². The molecule has 0 aliphatic heterocycles. The number of carbonyl (C=O) groups excluding carboxylic acids is 1. The summed E-state index contributed by atoms with van der Waals surface area (Å²) in [6.45, 7) is 2.73. The number of anilines is 1. The van der Waals surface area contributed by atoms with Gasteiger partial charge in [-0.3, -0.25) is 5.32 Å². The number of hydrogen-bond acceptors (Lipinski definition) is 2. The molecule has 0 spiro atoms. The molecule has 2 aromatic carbocycles. The Morgan fingerprint density at radius 2 is 1.54 bits per heavy atom. The Bertz CT molecular complexity index is 619. The summed E-state index contributed by atoms with van der Waals surface area (Å²) in [6, 6.07) is 13.9. The molecule has 0 saturated heterocycles. The maximum Gasteiger partial charge on any atom is 0.411 e. The van der Waals surface area contributed by atoms with Crippen LogP contribution in [0.25, 0.3) is 10.8 Å². The number of benzene rings is 2. The van der Waals surface area contributed by atoms with Crippen molar-refractivity contribution in [3.63, 3.8) is 0 Å². The molecule has 0 atom stereocenters. The maximum absolute atomic E-state index is 11.9. The minimum atomic E-state index is -0.366. The minimum absolute atomic E-state index is 0.366. The Balaban J connectivity index is 1.63. The number of amides is 1. The molecule has 0 aliphatic rings. The molecule has 0 aliphatic carbocycles. The zero-order valence-electron chi connectivity index (χ0n) is 14.7. The van der Waals surface area contributed by atoms with E-state index in [2.05, 4.69) is 12.2 Å². The fraction of sp³-hybridized carbons (Fsp3) is 0.476. The molecule has 1 amide bonds. The molecule has 0 bridgehead atoms. The molecule has 0 fully saturated rings. The molecule has 1 N–H and O–H groups in total. The SMILES string of the molecule is CCCCCCCCCCOC(=O)Nc1cccc2ccccc12. The molecule has 2 rings (SSSR count). The maximum atomic E-state index is 11.9. The van der Waals surface area contributed by atoms with E-state index in [1.165, 1.54) is 38.5 Å². The van der Waals surface area contributed by atoms with Gasteiger partial charge in [-0.1, -0.05) is 88.3 Å². The predicted molar refractivity (Wildman–Crippen MR) is 102 cm³/mol. The van der Waals surface area contributed by atoms with Crippen LogP contribution < -0.4 is 5.32 Å². The van der Waals surface area contributed by atoms with Crippen LogP contribution in [-0.4, -0.2) is 12.7 Å². The predicted octanol–water partition coefficient (Wildman–Crippen LogP) is 6.53. The first-order chi connectivity index (χ1) is 11.8. The van der Waals surface area contributed by atoms with Gasteiger partial charge in [-0.15, -0.1) is 0 Å². The number of nitrogens with one attached hydrogen (secondary N) is 1. The van der Waals surface area contributed by atoms with Crippen molar-refractivity contribution in [3.05, 3.63) is 42.5 Å². The highest BCUT2D eigenvalue weighted by atomic mass is 16.5. The Hall–Kier alpha value is -2.03. The first-order valence-corrected chi connectivity index (χ1v) is 9.23. The summed E-state index contributed by atoms with van der Waals surface area (Å²) < 4.78 is 5.29. The quantitative estimate of drug-likeness (QED) is 0.504. The fourth-order valence-electron chi connectivity index (χ4n) is 2.88. The molecule has 0 heterocycles. The molecular weight excluding hydrogens is 298 g/mol. The van der Waals surface area contributed by atoms with Crippen LogP contribution in [0.5, 0.6) is 0 Å². The van der Waals surface area contributed by atoms with Crippen molar-refractivity contribution in [3.8, 4) is 0 Å². The topological polar surface area (TPSA) is 38.3 Å². The van der Waals surface area contributed by atoms with E-state index in [4.69, 9.17) is 4.74 Å². The lowest BCUT2D eigenvalue weighted by atomic mass is 10.1. The summed E-state index contributed by atoms with van der Waals surface area (Å²) in [4.78, 5) is 11.9. The smallest absolute Gasteiger partial charge is 0.411 e. The van der Waals surface area contributed by atoms with Crippen LogP contribution in [-0.2, 0) is 4.74 Å². The minimum Gasteiger partial charge on any atom is -0.449 e. The summed E-state index contributed by atoms with van der Waals surface area (Å²) in [6.07, 6.45) is 9.55. The van der Waals surface area contributed by atoms with Gasteiger partial charge in [0.25, 0.3) is 0 Å². The molecule has 0 aromatic heterocycles.